The Labute approximate surface area is 197 Å². The summed E-state index contributed by atoms with van der Waals surface area (Å²) in [5.41, 5.74) is -0.655. The number of benzene rings is 3. The zero-order valence-electron chi connectivity index (χ0n) is 18.6. The molecule has 0 amide bonds. The Morgan fingerprint density at radius 2 is 1.48 bits per heavy atom. The van der Waals surface area contributed by atoms with E-state index in [2.05, 4.69) is 24.0 Å². The molecule has 3 aromatic rings. The van der Waals surface area contributed by atoms with Crippen molar-refractivity contribution in [1.29, 1.82) is 0 Å². The SMILES string of the molecule is CC#CC1(OC(=O)COc2ccc([S+](c3ccccc3)c3ccc(F)cc3)cc2)CCCC1. The van der Waals surface area contributed by atoms with Crippen molar-refractivity contribution in [3.05, 3.63) is 84.7 Å². The van der Waals surface area contributed by atoms with Gasteiger partial charge in [-0.15, -0.1) is 5.92 Å². The molecule has 3 nitrogen and oxygen atoms in total. The molecule has 0 saturated heterocycles. The molecule has 33 heavy (non-hydrogen) atoms. The van der Waals surface area contributed by atoms with E-state index in [0.29, 0.717) is 5.75 Å². The monoisotopic (exact) mass is 461 g/mol. The Morgan fingerprint density at radius 1 is 0.909 bits per heavy atom. The quantitative estimate of drug-likeness (QED) is 0.239. The van der Waals surface area contributed by atoms with E-state index in [0.717, 1.165) is 40.4 Å². The average Bonchev–Trinajstić information content (AvgIpc) is 3.29. The lowest BCUT2D eigenvalue weighted by Gasteiger charge is -2.23. The van der Waals surface area contributed by atoms with Crippen molar-refractivity contribution in [3.63, 3.8) is 0 Å². The van der Waals surface area contributed by atoms with Gasteiger partial charge in [-0.1, -0.05) is 24.1 Å². The highest BCUT2D eigenvalue weighted by Crippen LogP contribution is 2.34. The molecule has 1 atom stereocenters. The topological polar surface area (TPSA) is 35.5 Å². The minimum Gasteiger partial charge on any atom is -0.482 e. The van der Waals surface area contributed by atoms with Crippen molar-refractivity contribution in [2.24, 2.45) is 0 Å². The van der Waals surface area contributed by atoms with Gasteiger partial charge in [-0.3, -0.25) is 0 Å². The number of hydrogen-bond acceptors (Lipinski definition) is 3. The highest BCUT2D eigenvalue weighted by molar-refractivity contribution is 7.97. The zero-order chi connectivity index (χ0) is 23.1. The molecule has 0 N–H and O–H groups in total. The number of hydrogen-bond donors (Lipinski definition) is 0. The highest BCUT2D eigenvalue weighted by Gasteiger charge is 2.36. The molecule has 1 aliphatic carbocycles. The van der Waals surface area contributed by atoms with Crippen LogP contribution in [0.1, 0.15) is 32.6 Å². The summed E-state index contributed by atoms with van der Waals surface area (Å²) >= 11 is 0. The number of esters is 1. The summed E-state index contributed by atoms with van der Waals surface area (Å²) in [6.07, 6.45) is 3.59. The lowest BCUT2D eigenvalue weighted by Crippen LogP contribution is -2.32. The first-order valence-corrected chi connectivity index (χ1v) is 12.2. The maximum absolute atomic E-state index is 13.5. The minimum atomic E-state index is -0.655. The number of rotatable bonds is 7. The van der Waals surface area contributed by atoms with Gasteiger partial charge >= 0.3 is 5.97 Å². The summed E-state index contributed by atoms with van der Waals surface area (Å²) < 4.78 is 24.9. The van der Waals surface area contributed by atoms with Crippen LogP contribution < -0.4 is 4.74 Å². The molecule has 4 rings (SSSR count). The molecule has 1 saturated carbocycles. The molecular weight excluding hydrogens is 435 g/mol. The molecule has 0 heterocycles. The molecule has 5 heteroatoms. The Balaban J connectivity index is 1.46. The Hall–Kier alpha value is -3.23. The van der Waals surface area contributed by atoms with Gasteiger partial charge < -0.3 is 9.47 Å². The average molecular weight is 462 g/mol. The summed E-state index contributed by atoms with van der Waals surface area (Å²) in [5, 5.41) is 0. The first-order valence-electron chi connectivity index (χ1n) is 11.0. The number of carbonyl (C=O) groups excluding carboxylic acids is 1. The number of carbonyl (C=O) groups is 1. The summed E-state index contributed by atoms with van der Waals surface area (Å²) in [6.45, 7) is 1.61. The Morgan fingerprint density at radius 3 is 2.09 bits per heavy atom. The molecule has 1 aliphatic rings. The lowest BCUT2D eigenvalue weighted by molar-refractivity contribution is -0.156. The third kappa shape index (κ3) is 5.77. The van der Waals surface area contributed by atoms with E-state index < -0.39 is 11.6 Å². The van der Waals surface area contributed by atoms with Crippen molar-refractivity contribution in [2.45, 2.75) is 52.9 Å². The van der Waals surface area contributed by atoms with E-state index in [1.807, 2.05) is 54.6 Å². The van der Waals surface area contributed by atoms with E-state index in [1.165, 1.54) is 12.1 Å². The maximum Gasteiger partial charge on any atom is 0.345 e. The molecule has 0 aromatic heterocycles. The van der Waals surface area contributed by atoms with Crippen LogP contribution in [0.15, 0.2) is 93.5 Å². The first kappa shape index (κ1) is 22.9. The third-order valence-corrected chi connectivity index (χ3v) is 7.75. The van der Waals surface area contributed by atoms with Crippen LogP contribution in [0.4, 0.5) is 4.39 Å². The molecule has 1 fully saturated rings. The van der Waals surface area contributed by atoms with Gasteiger partial charge in [-0.25, -0.2) is 9.18 Å². The normalized spacial score (nSPS) is 15.2. The maximum atomic E-state index is 13.5. The predicted octanol–water partition coefficient (Wildman–Crippen LogP) is 6.18. The van der Waals surface area contributed by atoms with Gasteiger partial charge in [-0.2, -0.15) is 0 Å². The highest BCUT2D eigenvalue weighted by atomic mass is 32.2. The van der Waals surface area contributed by atoms with Gasteiger partial charge in [0, 0.05) is 0 Å². The summed E-state index contributed by atoms with van der Waals surface area (Å²) in [7, 11) is -0.384. The second kappa shape index (κ2) is 10.6. The fourth-order valence-corrected chi connectivity index (χ4v) is 6.09. The molecule has 0 spiro atoms. The van der Waals surface area contributed by atoms with Gasteiger partial charge in [0.15, 0.2) is 26.9 Å². The van der Waals surface area contributed by atoms with Crippen molar-refractivity contribution < 1.29 is 18.7 Å². The summed E-state index contributed by atoms with van der Waals surface area (Å²) in [6, 6.07) is 24.4. The van der Waals surface area contributed by atoms with Crippen LogP contribution in [0.3, 0.4) is 0 Å². The van der Waals surface area contributed by atoms with Gasteiger partial charge in [0.1, 0.15) is 11.6 Å². The number of ether oxygens (including phenoxy) is 2. The van der Waals surface area contributed by atoms with Gasteiger partial charge in [0.25, 0.3) is 0 Å². The molecular formula is C28H26FO3S+. The van der Waals surface area contributed by atoms with Gasteiger partial charge in [0.2, 0.25) is 0 Å². The molecule has 168 valence electrons. The first-order chi connectivity index (χ1) is 16.1. The van der Waals surface area contributed by atoms with E-state index in [9.17, 15) is 9.18 Å². The van der Waals surface area contributed by atoms with Crippen molar-refractivity contribution >= 4 is 16.9 Å². The molecule has 0 radical (unpaired) electrons. The van der Waals surface area contributed by atoms with Crippen LogP contribution in [0.2, 0.25) is 0 Å². The lowest BCUT2D eigenvalue weighted by atomic mass is 10.0. The van der Waals surface area contributed by atoms with Crippen molar-refractivity contribution in [2.75, 3.05) is 6.61 Å². The van der Waals surface area contributed by atoms with Crippen LogP contribution in [-0.4, -0.2) is 18.2 Å². The van der Waals surface area contributed by atoms with Gasteiger partial charge in [-0.05, 0) is 93.3 Å². The van der Waals surface area contributed by atoms with Crippen LogP contribution in [0, 0.1) is 17.7 Å². The van der Waals surface area contributed by atoms with Crippen LogP contribution in [0.5, 0.6) is 5.75 Å². The molecule has 0 aliphatic heterocycles. The van der Waals surface area contributed by atoms with Gasteiger partial charge in [0.05, 0.1) is 10.9 Å². The fourth-order valence-electron chi connectivity index (χ4n) is 4.02. The predicted molar refractivity (Wildman–Crippen MR) is 128 cm³/mol. The third-order valence-electron chi connectivity index (χ3n) is 5.52. The zero-order valence-corrected chi connectivity index (χ0v) is 19.4. The van der Waals surface area contributed by atoms with E-state index in [4.69, 9.17) is 9.47 Å². The minimum absolute atomic E-state index is 0.158. The molecule has 0 bridgehead atoms. The summed E-state index contributed by atoms with van der Waals surface area (Å²) in [4.78, 5) is 15.6. The van der Waals surface area contributed by atoms with Crippen LogP contribution in [-0.2, 0) is 20.4 Å². The smallest absolute Gasteiger partial charge is 0.345 e. The van der Waals surface area contributed by atoms with E-state index in [-0.39, 0.29) is 23.3 Å². The van der Waals surface area contributed by atoms with E-state index in [1.54, 1.807) is 6.92 Å². The van der Waals surface area contributed by atoms with Crippen LogP contribution >= 0.6 is 0 Å². The number of halogens is 1. The van der Waals surface area contributed by atoms with Crippen molar-refractivity contribution in [3.8, 4) is 17.6 Å². The fraction of sp³-hybridized carbons (Fsp3) is 0.250. The van der Waals surface area contributed by atoms with Crippen molar-refractivity contribution in [1.82, 2.24) is 0 Å². The Bertz CT molecular complexity index is 1130. The molecule has 1 unspecified atom stereocenters. The Kier molecular flexibility index (Phi) is 7.36. The second-order valence-corrected chi connectivity index (χ2v) is 9.91. The van der Waals surface area contributed by atoms with E-state index >= 15 is 0 Å². The standard InChI is InChI=1S/C28H26FO3S/c1-2-18-28(19-6-7-20-28)32-27(30)21-31-23-12-16-26(17-13-23)33(24-8-4-3-5-9-24)25-14-10-22(29)11-15-25/h3-5,8-17H,6-7,19-21H2,1H3/q+1. The second-order valence-electron chi connectivity index (χ2n) is 7.88. The largest absolute Gasteiger partial charge is 0.482 e. The molecule has 3 aromatic carbocycles. The summed E-state index contributed by atoms with van der Waals surface area (Å²) in [5.74, 6) is 5.89. The van der Waals surface area contributed by atoms with Crippen LogP contribution in [0.25, 0.3) is 0 Å².